The fourth-order valence-electron chi connectivity index (χ4n) is 2.38. The van der Waals surface area contributed by atoms with Crippen LogP contribution in [0.5, 0.6) is 0 Å². The smallest absolute Gasteiger partial charge is 0.0669 e. The maximum atomic E-state index is 8.62. The topological polar surface area (TPSA) is 23.8 Å². The first-order valence-electron chi connectivity index (χ1n) is 7.81. The molecule has 0 atom stereocenters. The van der Waals surface area contributed by atoms with Crippen molar-refractivity contribution in [2.24, 2.45) is 0 Å². The van der Waals surface area contributed by atoms with E-state index in [0.717, 1.165) is 5.56 Å². The van der Waals surface area contributed by atoms with Gasteiger partial charge in [-0.15, -0.1) is 0 Å². The van der Waals surface area contributed by atoms with Crippen LogP contribution in [0.3, 0.4) is 0 Å². The SMILES string of the molecule is CCCCCCCCCCc1ccc(CC#N)cc1. The van der Waals surface area contributed by atoms with Crippen LogP contribution < -0.4 is 0 Å². The Morgan fingerprint density at radius 3 is 1.89 bits per heavy atom. The van der Waals surface area contributed by atoms with Crippen LogP contribution in [0.1, 0.15) is 69.4 Å². The van der Waals surface area contributed by atoms with Gasteiger partial charge in [-0.3, -0.25) is 0 Å². The number of rotatable bonds is 10. The highest BCUT2D eigenvalue weighted by Gasteiger charge is 1.96. The summed E-state index contributed by atoms with van der Waals surface area (Å²) >= 11 is 0. The Kier molecular flexibility index (Phi) is 8.81. The molecule has 0 fully saturated rings. The van der Waals surface area contributed by atoms with Crippen molar-refractivity contribution < 1.29 is 0 Å². The summed E-state index contributed by atoms with van der Waals surface area (Å²) in [5.74, 6) is 0. The van der Waals surface area contributed by atoms with Crippen LogP contribution in [0.2, 0.25) is 0 Å². The van der Waals surface area contributed by atoms with Crippen molar-refractivity contribution in [3.63, 3.8) is 0 Å². The van der Waals surface area contributed by atoms with Gasteiger partial charge in [-0.1, -0.05) is 76.1 Å². The van der Waals surface area contributed by atoms with E-state index in [4.69, 9.17) is 5.26 Å². The molecule has 0 aliphatic carbocycles. The Balaban J connectivity index is 2.04. The minimum atomic E-state index is 0.526. The first kappa shape index (κ1) is 15.8. The second-order valence-electron chi connectivity index (χ2n) is 5.38. The lowest BCUT2D eigenvalue weighted by Gasteiger charge is -2.03. The van der Waals surface area contributed by atoms with Crippen molar-refractivity contribution in [2.75, 3.05) is 0 Å². The first-order valence-corrected chi connectivity index (χ1v) is 7.81. The van der Waals surface area contributed by atoms with E-state index in [1.54, 1.807) is 0 Å². The van der Waals surface area contributed by atoms with E-state index in [2.05, 4.69) is 37.3 Å². The quantitative estimate of drug-likeness (QED) is 0.512. The molecule has 0 aromatic heterocycles. The van der Waals surface area contributed by atoms with Crippen LogP contribution >= 0.6 is 0 Å². The summed E-state index contributed by atoms with van der Waals surface area (Å²) in [4.78, 5) is 0. The molecule has 0 spiro atoms. The molecular formula is C18H27N. The molecule has 0 saturated heterocycles. The third-order valence-corrected chi connectivity index (χ3v) is 3.63. The second kappa shape index (κ2) is 10.6. The van der Waals surface area contributed by atoms with E-state index < -0.39 is 0 Å². The summed E-state index contributed by atoms with van der Waals surface area (Å²) in [6, 6.07) is 10.7. The van der Waals surface area contributed by atoms with Crippen molar-refractivity contribution in [3.05, 3.63) is 35.4 Å². The van der Waals surface area contributed by atoms with Crippen molar-refractivity contribution >= 4 is 0 Å². The molecule has 0 bridgehead atoms. The van der Waals surface area contributed by atoms with E-state index in [9.17, 15) is 0 Å². The fourth-order valence-corrected chi connectivity index (χ4v) is 2.38. The molecule has 0 unspecified atom stereocenters. The fraction of sp³-hybridized carbons (Fsp3) is 0.611. The third kappa shape index (κ3) is 7.67. The molecule has 1 aromatic carbocycles. The summed E-state index contributed by atoms with van der Waals surface area (Å²) < 4.78 is 0. The Morgan fingerprint density at radius 2 is 1.32 bits per heavy atom. The zero-order valence-electron chi connectivity index (χ0n) is 12.3. The van der Waals surface area contributed by atoms with E-state index in [1.165, 1.54) is 63.4 Å². The third-order valence-electron chi connectivity index (χ3n) is 3.63. The summed E-state index contributed by atoms with van der Waals surface area (Å²) in [5, 5.41) is 8.62. The van der Waals surface area contributed by atoms with Gasteiger partial charge in [0.15, 0.2) is 0 Å². The molecule has 0 N–H and O–H groups in total. The number of nitriles is 1. The summed E-state index contributed by atoms with van der Waals surface area (Å²) in [6.45, 7) is 2.27. The van der Waals surface area contributed by atoms with Crippen molar-refractivity contribution in [1.82, 2.24) is 0 Å². The van der Waals surface area contributed by atoms with Gasteiger partial charge < -0.3 is 0 Å². The van der Waals surface area contributed by atoms with Crippen molar-refractivity contribution in [1.29, 1.82) is 5.26 Å². The van der Waals surface area contributed by atoms with Gasteiger partial charge in [-0.25, -0.2) is 0 Å². The molecule has 1 aromatic rings. The van der Waals surface area contributed by atoms with Crippen molar-refractivity contribution in [2.45, 2.75) is 71.1 Å². The molecule has 0 heterocycles. The number of hydrogen-bond donors (Lipinski definition) is 0. The Morgan fingerprint density at radius 1 is 0.789 bits per heavy atom. The standard InChI is InChI=1S/C18H27N/c1-2-3-4-5-6-7-8-9-10-17-11-13-18(14-12-17)15-16-19/h11-14H,2-10,15H2,1H3. The maximum Gasteiger partial charge on any atom is 0.0669 e. The summed E-state index contributed by atoms with van der Waals surface area (Å²) in [5.41, 5.74) is 2.54. The van der Waals surface area contributed by atoms with Gasteiger partial charge in [-0.05, 0) is 24.0 Å². The van der Waals surface area contributed by atoms with Gasteiger partial charge in [0.2, 0.25) is 0 Å². The van der Waals surface area contributed by atoms with E-state index in [-0.39, 0.29) is 0 Å². The highest BCUT2D eigenvalue weighted by Crippen LogP contribution is 2.12. The number of unbranched alkanes of at least 4 members (excludes halogenated alkanes) is 7. The van der Waals surface area contributed by atoms with Crippen LogP contribution in [-0.2, 0) is 12.8 Å². The molecule has 1 heteroatoms. The molecule has 0 radical (unpaired) electrons. The van der Waals surface area contributed by atoms with Gasteiger partial charge in [0.25, 0.3) is 0 Å². The highest BCUT2D eigenvalue weighted by molar-refractivity contribution is 5.24. The normalized spacial score (nSPS) is 10.3. The lowest BCUT2D eigenvalue weighted by Crippen LogP contribution is -1.88. The van der Waals surface area contributed by atoms with E-state index in [0.29, 0.717) is 6.42 Å². The summed E-state index contributed by atoms with van der Waals surface area (Å²) in [7, 11) is 0. The molecule has 1 nitrogen and oxygen atoms in total. The minimum absolute atomic E-state index is 0.526. The molecule has 0 aliphatic heterocycles. The first-order chi connectivity index (χ1) is 9.36. The van der Waals surface area contributed by atoms with Crippen LogP contribution in [0, 0.1) is 11.3 Å². The van der Waals surface area contributed by atoms with Crippen LogP contribution in [0.25, 0.3) is 0 Å². The average Bonchev–Trinajstić information content (AvgIpc) is 2.44. The zero-order valence-corrected chi connectivity index (χ0v) is 12.3. The Hall–Kier alpha value is -1.29. The van der Waals surface area contributed by atoms with Crippen LogP contribution in [-0.4, -0.2) is 0 Å². The van der Waals surface area contributed by atoms with Crippen molar-refractivity contribution in [3.8, 4) is 6.07 Å². The summed E-state index contributed by atoms with van der Waals surface area (Å²) in [6.07, 6.45) is 12.7. The van der Waals surface area contributed by atoms with Gasteiger partial charge in [-0.2, -0.15) is 5.26 Å². The lowest BCUT2D eigenvalue weighted by molar-refractivity contribution is 0.575. The largest absolute Gasteiger partial charge is 0.198 e. The molecule has 0 amide bonds. The van der Waals surface area contributed by atoms with Gasteiger partial charge in [0.05, 0.1) is 12.5 Å². The average molecular weight is 257 g/mol. The molecule has 1 rings (SSSR count). The lowest BCUT2D eigenvalue weighted by atomic mass is 10.0. The maximum absolute atomic E-state index is 8.62. The van der Waals surface area contributed by atoms with Crippen LogP contribution in [0.4, 0.5) is 0 Å². The predicted octanol–water partition coefficient (Wildman–Crippen LogP) is 5.44. The zero-order chi connectivity index (χ0) is 13.8. The van der Waals surface area contributed by atoms with Gasteiger partial charge in [0, 0.05) is 0 Å². The minimum Gasteiger partial charge on any atom is -0.198 e. The number of benzene rings is 1. The van der Waals surface area contributed by atoms with Crippen LogP contribution in [0.15, 0.2) is 24.3 Å². The van der Waals surface area contributed by atoms with Gasteiger partial charge >= 0.3 is 0 Å². The Labute approximate surface area is 118 Å². The second-order valence-corrected chi connectivity index (χ2v) is 5.38. The molecule has 19 heavy (non-hydrogen) atoms. The Bertz CT molecular complexity index is 358. The molecule has 0 saturated carbocycles. The number of aryl methyl sites for hydroxylation is 1. The molecule has 0 aliphatic rings. The molecule has 104 valence electrons. The van der Waals surface area contributed by atoms with E-state index >= 15 is 0 Å². The highest BCUT2D eigenvalue weighted by atomic mass is 14.2. The molecular weight excluding hydrogens is 230 g/mol. The number of hydrogen-bond acceptors (Lipinski definition) is 1. The van der Waals surface area contributed by atoms with Gasteiger partial charge in [0.1, 0.15) is 0 Å². The number of nitrogens with zero attached hydrogens (tertiary/aromatic N) is 1. The predicted molar refractivity (Wildman–Crippen MR) is 82.1 cm³/mol. The van der Waals surface area contributed by atoms with E-state index in [1.807, 2.05) is 0 Å². The monoisotopic (exact) mass is 257 g/mol.